The average molecular weight is 269 g/mol. The highest BCUT2D eigenvalue weighted by Crippen LogP contribution is 2.23. The van der Waals surface area contributed by atoms with Gasteiger partial charge < -0.3 is 15.9 Å². The van der Waals surface area contributed by atoms with Crippen molar-refractivity contribution in [2.45, 2.75) is 54.0 Å². The lowest BCUT2D eigenvalue weighted by Gasteiger charge is -2.10. The minimum atomic E-state index is -1.02. The Morgan fingerprint density at radius 3 is 1.84 bits per heavy atom. The van der Waals surface area contributed by atoms with Crippen LogP contribution < -0.4 is 5.73 Å². The number of aromatic hydroxyl groups is 1. The van der Waals surface area contributed by atoms with Crippen molar-refractivity contribution in [3.05, 3.63) is 28.8 Å². The molecule has 0 aliphatic carbocycles. The normalized spacial score (nSPS) is 10.5. The summed E-state index contributed by atoms with van der Waals surface area (Å²) in [5, 5.41) is 18.2. The second-order valence-corrected chi connectivity index (χ2v) is 3.73. The Kier molecular flexibility index (Phi) is 10.8. The second kappa shape index (κ2) is 10.4. The fraction of sp³-hybridized carbons (Fsp3) is 0.533. The summed E-state index contributed by atoms with van der Waals surface area (Å²) >= 11 is 0. The largest absolute Gasteiger partial charge is 0.507 e. The molecule has 0 radical (unpaired) electrons. The molecule has 0 amide bonds. The molecule has 0 spiro atoms. The molecule has 19 heavy (non-hydrogen) atoms. The van der Waals surface area contributed by atoms with Crippen LogP contribution in [0.15, 0.2) is 12.1 Å². The van der Waals surface area contributed by atoms with E-state index < -0.39 is 12.0 Å². The molecule has 0 aliphatic heterocycles. The third-order valence-corrected chi connectivity index (χ3v) is 2.32. The van der Waals surface area contributed by atoms with Gasteiger partial charge in [0.25, 0.3) is 0 Å². The molecule has 1 aromatic rings. The minimum absolute atomic E-state index is 0.252. The van der Waals surface area contributed by atoms with Crippen molar-refractivity contribution in [1.29, 1.82) is 0 Å². The van der Waals surface area contributed by atoms with Gasteiger partial charge in [0.15, 0.2) is 0 Å². The molecule has 4 nitrogen and oxygen atoms in total. The fourth-order valence-corrected chi connectivity index (χ4v) is 1.50. The topological polar surface area (TPSA) is 83.6 Å². The van der Waals surface area contributed by atoms with E-state index in [2.05, 4.69) is 0 Å². The zero-order chi connectivity index (χ0) is 15.6. The van der Waals surface area contributed by atoms with Gasteiger partial charge in [-0.05, 0) is 37.0 Å². The second-order valence-electron chi connectivity index (χ2n) is 3.73. The maximum Gasteiger partial charge on any atom is 0.320 e. The molecular weight excluding hydrogens is 242 g/mol. The number of rotatable bonds is 3. The lowest BCUT2D eigenvalue weighted by molar-refractivity contribution is -0.138. The van der Waals surface area contributed by atoms with Crippen LogP contribution in [0.3, 0.4) is 0 Å². The van der Waals surface area contributed by atoms with Crippen LogP contribution in [0.5, 0.6) is 5.75 Å². The Morgan fingerprint density at radius 1 is 1.16 bits per heavy atom. The lowest BCUT2D eigenvalue weighted by atomic mass is 10.0. The third kappa shape index (κ3) is 6.82. The summed E-state index contributed by atoms with van der Waals surface area (Å²) < 4.78 is 0. The predicted octanol–water partition coefficient (Wildman–Crippen LogP) is 3.02. The number of carboxylic acid groups (broad SMARTS) is 1. The van der Waals surface area contributed by atoms with Gasteiger partial charge in [0.05, 0.1) is 0 Å². The summed E-state index contributed by atoms with van der Waals surface area (Å²) in [6.07, 6.45) is 0.275. The van der Waals surface area contributed by atoms with E-state index in [0.717, 1.165) is 16.7 Å². The van der Waals surface area contributed by atoms with Crippen molar-refractivity contribution in [3.8, 4) is 5.75 Å². The van der Waals surface area contributed by atoms with E-state index in [1.165, 1.54) is 0 Å². The molecule has 110 valence electrons. The number of phenolic OH excluding ortho intramolecular Hbond substituents is 1. The summed E-state index contributed by atoms with van der Waals surface area (Å²) in [4.78, 5) is 10.6. The Bertz CT molecular complexity index is 366. The number of carboxylic acids is 1. The number of aryl methyl sites for hydroxylation is 2. The van der Waals surface area contributed by atoms with Gasteiger partial charge in [0, 0.05) is 0 Å². The summed E-state index contributed by atoms with van der Waals surface area (Å²) in [7, 11) is 0. The Balaban J connectivity index is 0. The van der Waals surface area contributed by atoms with E-state index >= 15 is 0 Å². The van der Waals surface area contributed by atoms with Crippen molar-refractivity contribution in [2.24, 2.45) is 5.73 Å². The van der Waals surface area contributed by atoms with Crippen LogP contribution >= 0.6 is 0 Å². The summed E-state index contributed by atoms with van der Waals surface area (Å²) in [6.45, 7) is 11.6. The molecule has 4 N–H and O–H groups in total. The van der Waals surface area contributed by atoms with Crippen LogP contribution in [-0.2, 0) is 11.2 Å². The molecule has 0 bridgehead atoms. The van der Waals surface area contributed by atoms with E-state index in [-0.39, 0.29) is 12.2 Å². The Labute approximate surface area is 116 Å². The zero-order valence-electron chi connectivity index (χ0n) is 12.8. The molecule has 0 heterocycles. The lowest BCUT2D eigenvalue weighted by Crippen LogP contribution is -2.32. The van der Waals surface area contributed by atoms with Gasteiger partial charge in [0.2, 0.25) is 0 Å². The maximum absolute atomic E-state index is 10.6. The van der Waals surface area contributed by atoms with E-state index in [4.69, 9.17) is 10.8 Å². The summed E-state index contributed by atoms with van der Waals surface area (Å²) in [5.41, 5.74) is 7.73. The summed E-state index contributed by atoms with van der Waals surface area (Å²) in [6, 6.07) is 2.62. The standard InChI is InChI=1S/C11H15NO3.2C2H6/c1-6-3-8(4-7(2)10(6)13)5-9(12)11(14)15;2*1-2/h3-4,9,13H,5,12H2,1-2H3,(H,14,15);2*1-2H3/t9-;;/m0../s1. The molecule has 1 rings (SSSR count). The third-order valence-electron chi connectivity index (χ3n) is 2.32. The highest BCUT2D eigenvalue weighted by Gasteiger charge is 2.13. The Morgan fingerprint density at radius 2 is 1.53 bits per heavy atom. The number of benzene rings is 1. The fourth-order valence-electron chi connectivity index (χ4n) is 1.50. The number of phenols is 1. The highest BCUT2D eigenvalue weighted by atomic mass is 16.4. The molecule has 0 fully saturated rings. The van der Waals surface area contributed by atoms with Crippen molar-refractivity contribution < 1.29 is 15.0 Å². The van der Waals surface area contributed by atoms with Crippen molar-refractivity contribution in [3.63, 3.8) is 0 Å². The van der Waals surface area contributed by atoms with Crippen LogP contribution in [0.25, 0.3) is 0 Å². The number of nitrogens with two attached hydrogens (primary N) is 1. The smallest absolute Gasteiger partial charge is 0.320 e. The first-order valence-electron chi connectivity index (χ1n) is 6.69. The predicted molar refractivity (Wildman–Crippen MR) is 79.6 cm³/mol. The van der Waals surface area contributed by atoms with Gasteiger partial charge in [-0.15, -0.1) is 0 Å². The first-order chi connectivity index (χ1) is 8.91. The summed E-state index contributed by atoms with van der Waals surface area (Å²) in [5.74, 6) is -0.763. The SMILES string of the molecule is CC.CC.Cc1cc(C[C@H](N)C(=O)O)cc(C)c1O. The Hall–Kier alpha value is -1.55. The molecule has 4 heteroatoms. The highest BCUT2D eigenvalue weighted by molar-refractivity contribution is 5.73. The number of carbonyl (C=O) groups is 1. The van der Waals surface area contributed by atoms with Crippen LogP contribution in [0, 0.1) is 13.8 Å². The number of hydrogen-bond donors (Lipinski definition) is 3. The monoisotopic (exact) mass is 269 g/mol. The van der Waals surface area contributed by atoms with Crippen molar-refractivity contribution in [1.82, 2.24) is 0 Å². The number of hydrogen-bond acceptors (Lipinski definition) is 3. The van der Waals surface area contributed by atoms with Crippen LogP contribution in [-0.4, -0.2) is 22.2 Å². The zero-order valence-corrected chi connectivity index (χ0v) is 12.8. The minimum Gasteiger partial charge on any atom is -0.507 e. The molecular formula is C15H27NO3. The van der Waals surface area contributed by atoms with Crippen molar-refractivity contribution >= 4 is 5.97 Å². The van der Waals surface area contributed by atoms with Gasteiger partial charge in [-0.3, -0.25) is 4.79 Å². The molecule has 0 aromatic heterocycles. The van der Waals surface area contributed by atoms with E-state index in [9.17, 15) is 9.90 Å². The van der Waals surface area contributed by atoms with Crippen LogP contribution in [0.1, 0.15) is 44.4 Å². The van der Waals surface area contributed by atoms with Gasteiger partial charge in [-0.25, -0.2) is 0 Å². The maximum atomic E-state index is 10.6. The van der Waals surface area contributed by atoms with Crippen LogP contribution in [0.4, 0.5) is 0 Å². The molecule has 0 aliphatic rings. The van der Waals surface area contributed by atoms with Gasteiger partial charge in [0.1, 0.15) is 11.8 Å². The molecule has 1 aromatic carbocycles. The first kappa shape index (κ1) is 19.8. The average Bonchev–Trinajstić information content (AvgIpc) is 2.40. The molecule has 1 atom stereocenters. The molecule has 0 unspecified atom stereocenters. The van der Waals surface area contributed by atoms with E-state index in [0.29, 0.717) is 0 Å². The molecule has 0 saturated carbocycles. The number of aliphatic carboxylic acids is 1. The van der Waals surface area contributed by atoms with Gasteiger partial charge >= 0.3 is 5.97 Å². The van der Waals surface area contributed by atoms with E-state index in [1.54, 1.807) is 26.0 Å². The van der Waals surface area contributed by atoms with Crippen molar-refractivity contribution in [2.75, 3.05) is 0 Å². The molecule has 0 saturated heterocycles. The first-order valence-corrected chi connectivity index (χ1v) is 6.69. The quantitative estimate of drug-likeness (QED) is 0.787. The van der Waals surface area contributed by atoms with Crippen LogP contribution in [0.2, 0.25) is 0 Å². The van der Waals surface area contributed by atoms with Gasteiger partial charge in [-0.1, -0.05) is 39.8 Å². The van der Waals surface area contributed by atoms with E-state index in [1.807, 2.05) is 27.7 Å². The van der Waals surface area contributed by atoms with Gasteiger partial charge in [-0.2, -0.15) is 0 Å².